The minimum absolute atomic E-state index is 0.342. The molecule has 0 unspecified atom stereocenters. The van der Waals surface area contributed by atoms with Crippen LogP contribution in [0.25, 0.3) is 0 Å². The number of rotatable bonds is 9. The SMILES string of the molecule is CSCCCCNS(=O)(=O)c1cc(CN)n(C2CC2)c1. The highest BCUT2D eigenvalue weighted by Gasteiger charge is 2.27. The first-order valence-electron chi connectivity index (χ1n) is 6.98. The molecule has 0 spiro atoms. The van der Waals surface area contributed by atoms with Crippen LogP contribution in [0.15, 0.2) is 17.2 Å². The number of nitrogens with zero attached hydrogens (tertiary/aromatic N) is 1. The van der Waals surface area contributed by atoms with Gasteiger partial charge in [0.25, 0.3) is 0 Å². The maximum absolute atomic E-state index is 12.2. The van der Waals surface area contributed by atoms with Gasteiger partial charge >= 0.3 is 0 Å². The molecule has 0 atom stereocenters. The van der Waals surface area contributed by atoms with Gasteiger partial charge in [0.1, 0.15) is 0 Å². The van der Waals surface area contributed by atoms with Crippen molar-refractivity contribution in [1.29, 1.82) is 0 Å². The third-order valence-corrected chi connectivity index (χ3v) is 5.56. The lowest BCUT2D eigenvalue weighted by Gasteiger charge is -2.05. The fraction of sp³-hybridized carbons (Fsp3) is 0.692. The van der Waals surface area contributed by atoms with Gasteiger partial charge in [0.15, 0.2) is 0 Å². The van der Waals surface area contributed by atoms with E-state index in [0.717, 1.165) is 37.1 Å². The van der Waals surface area contributed by atoms with Crippen molar-refractivity contribution in [2.75, 3.05) is 18.6 Å². The largest absolute Gasteiger partial charge is 0.346 e. The number of hydrogen-bond acceptors (Lipinski definition) is 4. The third kappa shape index (κ3) is 4.00. The Kier molecular flexibility index (Phi) is 5.54. The van der Waals surface area contributed by atoms with E-state index in [9.17, 15) is 8.42 Å². The van der Waals surface area contributed by atoms with E-state index in [1.807, 2.05) is 4.57 Å². The van der Waals surface area contributed by atoms with Crippen molar-refractivity contribution in [3.8, 4) is 0 Å². The number of unbranched alkanes of at least 4 members (excludes halogenated alkanes) is 1. The molecule has 1 saturated carbocycles. The Hall–Kier alpha value is -0.500. The van der Waals surface area contributed by atoms with E-state index in [-0.39, 0.29) is 0 Å². The first-order chi connectivity index (χ1) is 9.58. The fourth-order valence-corrected chi connectivity index (χ4v) is 3.78. The van der Waals surface area contributed by atoms with Crippen LogP contribution in [-0.4, -0.2) is 31.5 Å². The van der Waals surface area contributed by atoms with Gasteiger partial charge in [0, 0.05) is 31.0 Å². The van der Waals surface area contributed by atoms with Gasteiger partial charge in [-0.25, -0.2) is 13.1 Å². The highest BCUT2D eigenvalue weighted by molar-refractivity contribution is 7.98. The minimum atomic E-state index is -3.40. The number of aromatic nitrogens is 1. The average Bonchev–Trinajstić information content (AvgIpc) is 3.17. The Labute approximate surface area is 125 Å². The van der Waals surface area contributed by atoms with Crippen LogP contribution in [0.1, 0.15) is 37.4 Å². The molecule has 1 aliphatic carbocycles. The van der Waals surface area contributed by atoms with Crippen molar-refractivity contribution in [3.63, 3.8) is 0 Å². The van der Waals surface area contributed by atoms with E-state index in [1.54, 1.807) is 24.0 Å². The lowest BCUT2D eigenvalue weighted by atomic mass is 10.3. The molecule has 0 amide bonds. The summed E-state index contributed by atoms with van der Waals surface area (Å²) in [5.74, 6) is 1.07. The van der Waals surface area contributed by atoms with Gasteiger partial charge in [0.05, 0.1) is 4.90 Å². The molecule has 1 fully saturated rings. The Balaban J connectivity index is 1.98. The Morgan fingerprint density at radius 3 is 2.80 bits per heavy atom. The lowest BCUT2D eigenvalue weighted by Crippen LogP contribution is -2.24. The summed E-state index contributed by atoms with van der Waals surface area (Å²) in [6, 6.07) is 2.14. The molecule has 7 heteroatoms. The smallest absolute Gasteiger partial charge is 0.242 e. The number of sulfonamides is 1. The molecule has 5 nitrogen and oxygen atoms in total. The molecule has 0 radical (unpaired) electrons. The number of thioether (sulfide) groups is 1. The van der Waals surface area contributed by atoms with Crippen molar-refractivity contribution < 1.29 is 8.42 Å². The molecule has 20 heavy (non-hydrogen) atoms. The second kappa shape index (κ2) is 6.98. The van der Waals surface area contributed by atoms with Gasteiger partial charge in [-0.2, -0.15) is 11.8 Å². The molecule has 1 aromatic heterocycles. The molecule has 114 valence electrons. The topological polar surface area (TPSA) is 77.1 Å². The van der Waals surface area contributed by atoms with E-state index < -0.39 is 10.0 Å². The number of nitrogens with one attached hydrogen (secondary N) is 1. The first kappa shape index (κ1) is 15.9. The maximum atomic E-state index is 12.2. The van der Waals surface area contributed by atoms with Crippen molar-refractivity contribution >= 4 is 21.8 Å². The van der Waals surface area contributed by atoms with E-state index in [0.29, 0.717) is 24.0 Å². The van der Waals surface area contributed by atoms with Crippen molar-refractivity contribution in [3.05, 3.63) is 18.0 Å². The van der Waals surface area contributed by atoms with Gasteiger partial charge < -0.3 is 10.3 Å². The highest BCUT2D eigenvalue weighted by atomic mass is 32.2. The van der Waals surface area contributed by atoms with E-state index in [2.05, 4.69) is 11.0 Å². The number of nitrogens with two attached hydrogens (primary N) is 1. The molecule has 0 saturated heterocycles. The Bertz CT molecular complexity index is 536. The zero-order chi connectivity index (χ0) is 14.6. The van der Waals surface area contributed by atoms with Crippen molar-refractivity contribution in [2.24, 2.45) is 5.73 Å². The van der Waals surface area contributed by atoms with Gasteiger partial charge in [-0.15, -0.1) is 0 Å². The lowest BCUT2D eigenvalue weighted by molar-refractivity contribution is 0.578. The quantitative estimate of drug-likeness (QED) is 0.680. The molecule has 1 aliphatic rings. The van der Waals surface area contributed by atoms with Crippen molar-refractivity contribution in [2.45, 2.75) is 43.2 Å². The fourth-order valence-electron chi connectivity index (χ4n) is 2.16. The molecule has 0 aliphatic heterocycles. The van der Waals surface area contributed by atoms with Crippen LogP contribution in [0.3, 0.4) is 0 Å². The highest BCUT2D eigenvalue weighted by Crippen LogP contribution is 2.37. The third-order valence-electron chi connectivity index (χ3n) is 3.43. The second-order valence-corrected chi connectivity index (χ2v) is 7.86. The Morgan fingerprint density at radius 1 is 1.45 bits per heavy atom. The minimum Gasteiger partial charge on any atom is -0.346 e. The van der Waals surface area contributed by atoms with Crippen LogP contribution in [-0.2, 0) is 16.6 Å². The molecule has 1 aromatic rings. The zero-order valence-electron chi connectivity index (χ0n) is 11.8. The van der Waals surface area contributed by atoms with Gasteiger partial charge in [-0.05, 0) is 43.8 Å². The average molecular weight is 317 g/mol. The van der Waals surface area contributed by atoms with Gasteiger partial charge in [-0.1, -0.05) is 0 Å². The van der Waals surface area contributed by atoms with Crippen LogP contribution in [0.5, 0.6) is 0 Å². The van der Waals surface area contributed by atoms with Crippen molar-refractivity contribution in [1.82, 2.24) is 9.29 Å². The molecule has 0 bridgehead atoms. The first-order valence-corrected chi connectivity index (χ1v) is 9.85. The maximum Gasteiger partial charge on any atom is 0.242 e. The molecule has 0 aromatic carbocycles. The molecule has 3 N–H and O–H groups in total. The van der Waals surface area contributed by atoms with Gasteiger partial charge in [0.2, 0.25) is 10.0 Å². The summed E-state index contributed by atoms with van der Waals surface area (Å²) in [6.07, 6.45) is 7.91. The standard InChI is InChI=1S/C13H23N3O2S2/c1-19-7-3-2-6-15-20(17,18)13-8-12(9-14)16(10-13)11-4-5-11/h8,10-11,15H,2-7,9,14H2,1H3. The van der Waals surface area contributed by atoms with E-state index in [4.69, 9.17) is 5.73 Å². The van der Waals surface area contributed by atoms with Crippen LogP contribution < -0.4 is 10.5 Å². The summed E-state index contributed by atoms with van der Waals surface area (Å²) in [5, 5.41) is 0. The summed E-state index contributed by atoms with van der Waals surface area (Å²) in [6.45, 7) is 0.870. The Morgan fingerprint density at radius 2 is 2.20 bits per heavy atom. The second-order valence-electron chi connectivity index (χ2n) is 5.11. The van der Waals surface area contributed by atoms with Crippen LogP contribution in [0, 0.1) is 0 Å². The van der Waals surface area contributed by atoms with E-state index >= 15 is 0 Å². The summed E-state index contributed by atoms with van der Waals surface area (Å²) < 4.78 is 29.1. The molecule has 1 heterocycles. The van der Waals surface area contributed by atoms with Crippen LogP contribution in [0.2, 0.25) is 0 Å². The van der Waals surface area contributed by atoms with Gasteiger partial charge in [-0.3, -0.25) is 0 Å². The van der Waals surface area contributed by atoms with Crippen LogP contribution in [0.4, 0.5) is 0 Å². The summed E-state index contributed by atoms with van der Waals surface area (Å²) in [5.41, 5.74) is 6.59. The monoisotopic (exact) mass is 317 g/mol. The zero-order valence-corrected chi connectivity index (χ0v) is 13.5. The summed E-state index contributed by atoms with van der Waals surface area (Å²) >= 11 is 1.78. The van der Waals surface area contributed by atoms with Crippen LogP contribution >= 0.6 is 11.8 Å². The molecular formula is C13H23N3O2S2. The van der Waals surface area contributed by atoms with E-state index in [1.165, 1.54) is 0 Å². The molecular weight excluding hydrogens is 294 g/mol. The number of hydrogen-bond donors (Lipinski definition) is 2. The molecule has 2 rings (SSSR count). The normalized spacial score (nSPS) is 15.7. The summed E-state index contributed by atoms with van der Waals surface area (Å²) in [7, 11) is -3.40. The summed E-state index contributed by atoms with van der Waals surface area (Å²) in [4.78, 5) is 0.342. The predicted molar refractivity (Wildman–Crippen MR) is 83.4 cm³/mol. The predicted octanol–water partition coefficient (Wildman–Crippen LogP) is 1.70.